The zero-order valence-corrected chi connectivity index (χ0v) is 23.0. The Hall–Kier alpha value is -4.17. The molecule has 1 aliphatic rings. The average Bonchev–Trinajstić information content (AvgIpc) is 3.25. The van der Waals surface area contributed by atoms with E-state index in [4.69, 9.17) is 4.74 Å². The fourth-order valence-electron chi connectivity index (χ4n) is 5.20. The Morgan fingerprint density at radius 2 is 1.52 bits per heavy atom. The third-order valence-electron chi connectivity index (χ3n) is 7.21. The van der Waals surface area contributed by atoms with E-state index in [1.165, 1.54) is 11.1 Å². The van der Waals surface area contributed by atoms with Crippen molar-refractivity contribution in [2.45, 2.75) is 38.3 Å². The Morgan fingerprint density at radius 3 is 2.15 bits per heavy atom. The summed E-state index contributed by atoms with van der Waals surface area (Å²) in [6.45, 7) is 3.27. The fourth-order valence-corrected chi connectivity index (χ4v) is 5.20. The van der Waals surface area contributed by atoms with Gasteiger partial charge in [0.05, 0.1) is 0 Å². The summed E-state index contributed by atoms with van der Waals surface area (Å²) in [4.78, 5) is 38.6. The number of rotatable bonds is 13. The largest absolute Gasteiger partial charge is 0.480 e. The normalized spacial score (nSPS) is 13.7. The number of fused-ring (bicyclic) bond motifs is 3. The predicted molar refractivity (Wildman–Crippen MR) is 154 cm³/mol. The van der Waals surface area contributed by atoms with Crippen LogP contribution in [0.2, 0.25) is 0 Å². The van der Waals surface area contributed by atoms with Gasteiger partial charge >= 0.3 is 12.1 Å². The van der Waals surface area contributed by atoms with Crippen LogP contribution in [-0.4, -0.2) is 60.8 Å². The minimum absolute atomic E-state index is 0.00492. The molecule has 8 nitrogen and oxygen atoms in total. The highest BCUT2D eigenvalue weighted by molar-refractivity contribution is 5.83. The van der Waals surface area contributed by atoms with Crippen molar-refractivity contribution in [3.8, 4) is 11.1 Å². The lowest BCUT2D eigenvalue weighted by molar-refractivity contribution is -0.142. The topological polar surface area (TPSA) is 108 Å². The van der Waals surface area contributed by atoms with Gasteiger partial charge in [-0.25, -0.2) is 9.59 Å². The van der Waals surface area contributed by atoms with Crippen molar-refractivity contribution in [2.75, 3.05) is 26.7 Å². The lowest BCUT2D eigenvalue weighted by Crippen LogP contribution is -2.47. The smallest absolute Gasteiger partial charge is 0.407 e. The highest BCUT2D eigenvalue weighted by atomic mass is 16.5. The molecule has 2 amide bonds. The number of alkyl carbamates (subject to hydrolysis) is 1. The third-order valence-corrected chi connectivity index (χ3v) is 7.21. The van der Waals surface area contributed by atoms with Crippen LogP contribution in [0.15, 0.2) is 78.9 Å². The third kappa shape index (κ3) is 7.70. The number of aliphatic carboxylic acids is 1. The van der Waals surface area contributed by atoms with Gasteiger partial charge in [-0.05, 0) is 47.2 Å². The van der Waals surface area contributed by atoms with Crippen molar-refractivity contribution in [3.05, 3.63) is 95.6 Å². The van der Waals surface area contributed by atoms with E-state index in [9.17, 15) is 19.5 Å². The summed E-state index contributed by atoms with van der Waals surface area (Å²) in [5, 5.41) is 15.0. The molecule has 0 aromatic heterocycles. The van der Waals surface area contributed by atoms with Crippen molar-refractivity contribution < 1.29 is 24.2 Å². The number of carbonyl (C=O) groups excluding carboxylic acids is 2. The summed E-state index contributed by atoms with van der Waals surface area (Å²) in [7, 11) is 1.83. The first-order chi connectivity index (χ1) is 19.3. The zero-order chi connectivity index (χ0) is 28.5. The van der Waals surface area contributed by atoms with Crippen LogP contribution < -0.4 is 10.6 Å². The van der Waals surface area contributed by atoms with E-state index in [0.717, 1.165) is 16.7 Å². The Balaban J connectivity index is 1.17. The lowest BCUT2D eigenvalue weighted by atomic mass is 9.98. The summed E-state index contributed by atoms with van der Waals surface area (Å²) in [5.74, 6) is -1.45. The molecule has 3 N–H and O–H groups in total. The molecule has 2 unspecified atom stereocenters. The van der Waals surface area contributed by atoms with Gasteiger partial charge in [-0.3, -0.25) is 9.69 Å². The van der Waals surface area contributed by atoms with Crippen LogP contribution in [-0.2, 0) is 20.9 Å². The molecule has 0 radical (unpaired) electrons. The van der Waals surface area contributed by atoms with Gasteiger partial charge in [0.2, 0.25) is 5.91 Å². The molecule has 2 atom stereocenters. The van der Waals surface area contributed by atoms with E-state index in [1.807, 2.05) is 73.5 Å². The molecule has 3 aromatic rings. The Labute approximate surface area is 235 Å². The number of likely N-dealkylation sites (N-methyl/N-ethyl adjacent to an activating group) is 1. The van der Waals surface area contributed by atoms with Crippen LogP contribution in [0, 0.1) is 5.92 Å². The number of carboxylic acid groups (broad SMARTS) is 1. The summed E-state index contributed by atoms with van der Waals surface area (Å²) in [5.41, 5.74) is 5.72. The number of nitrogens with zero attached hydrogens (tertiary/aromatic N) is 1. The molecule has 0 saturated heterocycles. The zero-order valence-electron chi connectivity index (χ0n) is 23.0. The number of amides is 2. The van der Waals surface area contributed by atoms with Crippen molar-refractivity contribution in [1.29, 1.82) is 0 Å². The maximum atomic E-state index is 12.6. The summed E-state index contributed by atoms with van der Waals surface area (Å²) < 4.78 is 5.56. The van der Waals surface area contributed by atoms with Gasteiger partial charge in [-0.2, -0.15) is 0 Å². The number of hydrogen-bond acceptors (Lipinski definition) is 5. The molecular weight excluding hydrogens is 506 g/mol. The molecule has 0 fully saturated rings. The standard InChI is InChI=1S/C32H37N3O5/c1-22(18-30(36)34-29(31(37)38)20-35(2)19-23-10-4-3-5-11-23)16-17-33-32(39)40-21-28-26-14-8-6-12-24(26)25-13-7-9-15-27(25)28/h3-15,22,28-29H,16-21H2,1-2H3,(H,33,39)(H,34,36)(H,37,38). The number of carbonyl (C=O) groups is 3. The van der Waals surface area contributed by atoms with Gasteiger partial charge in [-0.15, -0.1) is 0 Å². The van der Waals surface area contributed by atoms with E-state index in [1.54, 1.807) is 0 Å². The molecule has 4 rings (SSSR count). The molecule has 0 saturated carbocycles. The van der Waals surface area contributed by atoms with Crippen molar-refractivity contribution in [3.63, 3.8) is 0 Å². The van der Waals surface area contributed by atoms with Crippen LogP contribution >= 0.6 is 0 Å². The average molecular weight is 544 g/mol. The van der Waals surface area contributed by atoms with Crippen molar-refractivity contribution >= 4 is 18.0 Å². The molecule has 40 heavy (non-hydrogen) atoms. The summed E-state index contributed by atoms with van der Waals surface area (Å²) in [6, 6.07) is 25.1. The van der Waals surface area contributed by atoms with E-state index in [0.29, 0.717) is 19.5 Å². The first kappa shape index (κ1) is 28.8. The number of benzene rings is 3. The highest BCUT2D eigenvalue weighted by Crippen LogP contribution is 2.44. The molecule has 0 aliphatic heterocycles. The van der Waals surface area contributed by atoms with Gasteiger partial charge in [0, 0.05) is 32.0 Å². The molecule has 1 aliphatic carbocycles. The second kappa shape index (κ2) is 13.8. The first-order valence-electron chi connectivity index (χ1n) is 13.6. The van der Waals surface area contributed by atoms with E-state index >= 15 is 0 Å². The predicted octanol–water partition coefficient (Wildman–Crippen LogP) is 4.64. The minimum Gasteiger partial charge on any atom is -0.480 e. The maximum Gasteiger partial charge on any atom is 0.407 e. The summed E-state index contributed by atoms with van der Waals surface area (Å²) in [6.07, 6.45) is 0.229. The van der Waals surface area contributed by atoms with E-state index in [-0.39, 0.29) is 37.3 Å². The molecule has 8 heteroatoms. The van der Waals surface area contributed by atoms with E-state index < -0.39 is 18.1 Å². The molecule has 0 spiro atoms. The lowest BCUT2D eigenvalue weighted by Gasteiger charge is -2.23. The Bertz CT molecular complexity index is 1270. The SMILES string of the molecule is CC(CCNC(=O)OCC1c2ccccc2-c2ccccc21)CC(=O)NC(CN(C)Cc1ccccc1)C(=O)O. The Kier molecular flexibility index (Phi) is 9.91. The number of hydrogen-bond donors (Lipinski definition) is 3. The second-order valence-corrected chi connectivity index (χ2v) is 10.5. The maximum absolute atomic E-state index is 12.6. The van der Waals surface area contributed by atoms with Crippen molar-refractivity contribution in [2.24, 2.45) is 5.92 Å². The quantitative estimate of drug-likeness (QED) is 0.290. The highest BCUT2D eigenvalue weighted by Gasteiger charge is 2.29. The van der Waals surface area contributed by atoms with Crippen LogP contribution in [0.25, 0.3) is 11.1 Å². The van der Waals surface area contributed by atoms with Crippen molar-refractivity contribution in [1.82, 2.24) is 15.5 Å². The number of carboxylic acids is 1. The molecular formula is C32H37N3O5. The van der Waals surface area contributed by atoms with Crippen LogP contribution in [0.3, 0.4) is 0 Å². The Morgan fingerprint density at radius 1 is 0.925 bits per heavy atom. The number of nitrogens with one attached hydrogen (secondary N) is 2. The first-order valence-corrected chi connectivity index (χ1v) is 13.6. The minimum atomic E-state index is -1.07. The van der Waals surface area contributed by atoms with Crippen LogP contribution in [0.1, 0.15) is 42.4 Å². The molecule has 210 valence electrons. The van der Waals surface area contributed by atoms with Crippen LogP contribution in [0.5, 0.6) is 0 Å². The monoisotopic (exact) mass is 543 g/mol. The second-order valence-electron chi connectivity index (χ2n) is 10.5. The summed E-state index contributed by atoms with van der Waals surface area (Å²) >= 11 is 0. The van der Waals surface area contributed by atoms with Gasteiger partial charge < -0.3 is 20.5 Å². The van der Waals surface area contributed by atoms with Gasteiger partial charge in [0.15, 0.2) is 0 Å². The molecule has 0 bridgehead atoms. The molecule has 3 aromatic carbocycles. The van der Waals surface area contributed by atoms with Gasteiger partial charge in [0.25, 0.3) is 0 Å². The van der Waals surface area contributed by atoms with Gasteiger partial charge in [0.1, 0.15) is 12.6 Å². The fraction of sp³-hybridized carbons (Fsp3) is 0.344. The number of ether oxygens (including phenoxy) is 1. The van der Waals surface area contributed by atoms with E-state index in [2.05, 4.69) is 34.9 Å². The van der Waals surface area contributed by atoms with Crippen LogP contribution in [0.4, 0.5) is 4.79 Å². The van der Waals surface area contributed by atoms with Gasteiger partial charge in [-0.1, -0.05) is 85.8 Å². The molecule has 0 heterocycles.